The summed E-state index contributed by atoms with van der Waals surface area (Å²) in [5, 5.41) is 20.6. The quantitative estimate of drug-likeness (QED) is 0.887. The van der Waals surface area contributed by atoms with Crippen molar-refractivity contribution in [2.45, 2.75) is 6.10 Å². The molecule has 2 aromatic carbocycles. The van der Waals surface area contributed by atoms with E-state index < -0.39 is 6.10 Å². The van der Waals surface area contributed by atoms with Crippen molar-refractivity contribution in [3.05, 3.63) is 41.7 Å². The molecule has 6 nitrogen and oxygen atoms in total. The van der Waals surface area contributed by atoms with Gasteiger partial charge in [-0.1, -0.05) is 0 Å². The number of rotatable bonds is 2. The second-order valence-electron chi connectivity index (χ2n) is 5.27. The van der Waals surface area contributed by atoms with Crippen molar-refractivity contribution in [2.24, 2.45) is 0 Å². The number of fused-ring (bicyclic) bond motifs is 5. The summed E-state index contributed by atoms with van der Waals surface area (Å²) in [6.07, 6.45) is 0.960. The summed E-state index contributed by atoms with van der Waals surface area (Å²) in [4.78, 5) is 0. The number of benzene rings is 2. The number of phenols is 2. The van der Waals surface area contributed by atoms with Gasteiger partial charge < -0.3 is 29.2 Å². The third-order valence-electron chi connectivity index (χ3n) is 4.01. The Hall–Kier alpha value is -3.02. The Labute approximate surface area is 132 Å². The zero-order valence-electron chi connectivity index (χ0n) is 12.5. The van der Waals surface area contributed by atoms with Crippen LogP contribution >= 0.6 is 0 Å². The van der Waals surface area contributed by atoms with Gasteiger partial charge in [0.1, 0.15) is 34.5 Å². The molecule has 0 fully saturated rings. The Balaban J connectivity index is 1.86. The predicted octanol–water partition coefficient (Wildman–Crippen LogP) is 2.98. The summed E-state index contributed by atoms with van der Waals surface area (Å²) in [6.45, 7) is 0. The lowest BCUT2D eigenvalue weighted by atomic mass is 9.94. The van der Waals surface area contributed by atoms with Gasteiger partial charge in [0.2, 0.25) is 0 Å². The number of hydrogen-bond donors (Lipinski definition) is 2. The first-order valence-electron chi connectivity index (χ1n) is 6.98. The molecule has 2 aromatic rings. The molecular formula is C17H14O6. The maximum atomic E-state index is 10.3. The normalized spacial score (nSPS) is 17.1. The predicted molar refractivity (Wildman–Crippen MR) is 81.3 cm³/mol. The first-order chi connectivity index (χ1) is 11.1. The maximum Gasteiger partial charge on any atom is 0.160 e. The molecule has 6 heteroatoms. The molecule has 0 unspecified atom stereocenters. The molecule has 2 aliphatic heterocycles. The van der Waals surface area contributed by atoms with E-state index >= 15 is 0 Å². The van der Waals surface area contributed by atoms with Crippen LogP contribution < -0.4 is 18.9 Å². The van der Waals surface area contributed by atoms with Crippen LogP contribution in [0.4, 0.5) is 0 Å². The molecule has 118 valence electrons. The molecule has 2 aliphatic rings. The van der Waals surface area contributed by atoms with Crippen molar-refractivity contribution < 1.29 is 29.2 Å². The highest BCUT2D eigenvalue weighted by atomic mass is 16.5. The average molecular weight is 314 g/mol. The molecule has 0 bridgehead atoms. The fourth-order valence-corrected chi connectivity index (χ4v) is 2.93. The molecule has 2 N–H and O–H groups in total. The molecule has 0 spiro atoms. The summed E-state index contributed by atoms with van der Waals surface area (Å²) in [6, 6.07) is 6.37. The third kappa shape index (κ3) is 1.88. The summed E-state index contributed by atoms with van der Waals surface area (Å²) < 4.78 is 21.8. The van der Waals surface area contributed by atoms with Gasteiger partial charge in [0.25, 0.3) is 0 Å². The molecule has 0 saturated carbocycles. The molecule has 23 heavy (non-hydrogen) atoms. The zero-order valence-corrected chi connectivity index (χ0v) is 12.5. The number of ether oxygens (including phenoxy) is 4. The van der Waals surface area contributed by atoms with Gasteiger partial charge in [0.15, 0.2) is 6.10 Å². The molecule has 0 aliphatic carbocycles. The minimum Gasteiger partial charge on any atom is -0.507 e. The third-order valence-corrected chi connectivity index (χ3v) is 4.01. The SMILES string of the molecule is COc1cc(O)c2c(c1)O[C@@H]1C2=COc2cc(OC)cc(O)c21. The van der Waals surface area contributed by atoms with Gasteiger partial charge in [-0.15, -0.1) is 0 Å². The lowest BCUT2D eigenvalue weighted by molar-refractivity contribution is 0.259. The van der Waals surface area contributed by atoms with E-state index in [0.29, 0.717) is 39.7 Å². The number of methoxy groups -OCH3 is 2. The van der Waals surface area contributed by atoms with Gasteiger partial charge in [-0.05, 0) is 0 Å². The Morgan fingerprint density at radius 1 is 0.913 bits per heavy atom. The van der Waals surface area contributed by atoms with Crippen molar-refractivity contribution in [3.63, 3.8) is 0 Å². The van der Waals surface area contributed by atoms with Gasteiger partial charge in [0, 0.05) is 29.8 Å². The summed E-state index contributed by atoms with van der Waals surface area (Å²) in [7, 11) is 3.02. The minimum absolute atomic E-state index is 0.00853. The van der Waals surface area contributed by atoms with Crippen LogP contribution in [-0.2, 0) is 0 Å². The van der Waals surface area contributed by atoms with E-state index in [4.69, 9.17) is 18.9 Å². The molecule has 1 atom stereocenters. The van der Waals surface area contributed by atoms with Crippen molar-refractivity contribution in [3.8, 4) is 34.5 Å². The highest BCUT2D eigenvalue weighted by molar-refractivity contribution is 5.85. The molecule has 4 rings (SSSR count). The van der Waals surface area contributed by atoms with Crippen molar-refractivity contribution in [1.29, 1.82) is 0 Å². The highest BCUT2D eigenvalue weighted by Gasteiger charge is 2.39. The Morgan fingerprint density at radius 3 is 2.26 bits per heavy atom. The first-order valence-corrected chi connectivity index (χ1v) is 6.98. The monoisotopic (exact) mass is 314 g/mol. The molecule has 0 aromatic heterocycles. The molecule has 0 saturated heterocycles. The number of aromatic hydroxyl groups is 2. The van der Waals surface area contributed by atoms with E-state index in [-0.39, 0.29) is 11.5 Å². The lowest BCUT2D eigenvalue weighted by Gasteiger charge is -2.22. The van der Waals surface area contributed by atoms with E-state index in [1.54, 1.807) is 12.1 Å². The molecule has 2 heterocycles. The van der Waals surface area contributed by atoms with E-state index in [1.165, 1.54) is 32.6 Å². The Kier molecular flexibility index (Phi) is 2.81. The van der Waals surface area contributed by atoms with Gasteiger partial charge in [-0.3, -0.25) is 0 Å². The average Bonchev–Trinajstić information content (AvgIpc) is 2.92. The van der Waals surface area contributed by atoms with Gasteiger partial charge in [-0.25, -0.2) is 0 Å². The molecule has 0 radical (unpaired) electrons. The number of phenolic OH excluding ortho intramolecular Hbond substituents is 2. The van der Waals surface area contributed by atoms with Gasteiger partial charge >= 0.3 is 0 Å². The Morgan fingerprint density at radius 2 is 1.57 bits per heavy atom. The fraction of sp³-hybridized carbons (Fsp3) is 0.176. The van der Waals surface area contributed by atoms with Crippen molar-refractivity contribution >= 4 is 5.57 Å². The topological polar surface area (TPSA) is 77.4 Å². The smallest absolute Gasteiger partial charge is 0.160 e. The second-order valence-corrected chi connectivity index (χ2v) is 5.27. The van der Waals surface area contributed by atoms with Gasteiger partial charge in [0.05, 0.1) is 31.6 Å². The minimum atomic E-state index is -0.558. The van der Waals surface area contributed by atoms with Crippen LogP contribution in [0.3, 0.4) is 0 Å². The van der Waals surface area contributed by atoms with E-state index in [1.807, 2.05) is 0 Å². The fourth-order valence-electron chi connectivity index (χ4n) is 2.93. The van der Waals surface area contributed by atoms with Crippen LogP contribution in [0.5, 0.6) is 34.5 Å². The molecular weight excluding hydrogens is 300 g/mol. The summed E-state index contributed by atoms with van der Waals surface area (Å²) >= 11 is 0. The van der Waals surface area contributed by atoms with Crippen LogP contribution in [0.1, 0.15) is 17.2 Å². The van der Waals surface area contributed by atoms with Crippen molar-refractivity contribution in [2.75, 3.05) is 14.2 Å². The standard InChI is InChI=1S/C17H14O6/c1-20-8-4-12(19)16-13(5-8)22-7-10-15-11(18)3-9(21-2)6-14(15)23-17(10)16/h3-7,17-19H,1-2H3/t17-/m1/s1. The lowest BCUT2D eigenvalue weighted by Crippen LogP contribution is -2.10. The van der Waals surface area contributed by atoms with Gasteiger partial charge in [-0.2, -0.15) is 0 Å². The van der Waals surface area contributed by atoms with Crippen LogP contribution in [0, 0.1) is 0 Å². The largest absolute Gasteiger partial charge is 0.507 e. The zero-order chi connectivity index (χ0) is 16.1. The Bertz CT molecular complexity index is 839. The van der Waals surface area contributed by atoms with Crippen LogP contribution in [0.2, 0.25) is 0 Å². The summed E-state index contributed by atoms with van der Waals surface area (Å²) in [5.74, 6) is 1.95. The second kappa shape index (κ2) is 4.74. The van der Waals surface area contributed by atoms with E-state index in [9.17, 15) is 10.2 Å². The van der Waals surface area contributed by atoms with Crippen LogP contribution in [0.25, 0.3) is 5.57 Å². The highest BCUT2D eigenvalue weighted by Crippen LogP contribution is 2.56. The van der Waals surface area contributed by atoms with Crippen LogP contribution in [0.15, 0.2) is 30.5 Å². The molecule has 0 amide bonds. The van der Waals surface area contributed by atoms with E-state index in [0.717, 1.165) is 0 Å². The first kappa shape index (κ1) is 13.6. The van der Waals surface area contributed by atoms with Crippen LogP contribution in [-0.4, -0.2) is 24.4 Å². The summed E-state index contributed by atoms with van der Waals surface area (Å²) in [5.41, 5.74) is 1.68. The van der Waals surface area contributed by atoms with E-state index in [2.05, 4.69) is 0 Å². The number of hydrogen-bond acceptors (Lipinski definition) is 6. The van der Waals surface area contributed by atoms with Crippen molar-refractivity contribution in [1.82, 2.24) is 0 Å². The maximum absolute atomic E-state index is 10.3.